The average Bonchev–Trinajstić information content (AvgIpc) is 3.71. The third-order valence-corrected chi connectivity index (χ3v) is 12.3. The molecule has 2 heterocycles. The zero-order chi connectivity index (χ0) is 31.3. The van der Waals surface area contributed by atoms with Gasteiger partial charge in [0.1, 0.15) is 0 Å². The van der Waals surface area contributed by atoms with Crippen molar-refractivity contribution >= 4 is 27.5 Å². The lowest BCUT2D eigenvalue weighted by atomic mass is 9.75. The molecule has 5 aliphatic rings. The summed E-state index contributed by atoms with van der Waals surface area (Å²) in [5.74, 6) is 2.61. The summed E-state index contributed by atoms with van der Waals surface area (Å²) in [4.78, 5) is 2.71. The second kappa shape index (κ2) is 10.1. The lowest BCUT2D eigenvalue weighted by molar-refractivity contribution is 0.321. The molecule has 4 aliphatic carbocycles. The van der Waals surface area contributed by atoms with Gasteiger partial charge >= 0.3 is 0 Å². The van der Waals surface area contributed by atoms with Crippen molar-refractivity contribution in [2.75, 3.05) is 4.90 Å². The quantitative estimate of drug-likeness (QED) is 0.185. The van der Waals surface area contributed by atoms with E-state index in [-0.39, 0.29) is 5.41 Å². The minimum absolute atomic E-state index is 0.205. The van der Waals surface area contributed by atoms with Crippen LogP contribution in [-0.4, -0.2) is 10.6 Å². The highest BCUT2D eigenvalue weighted by molar-refractivity contribution is 6.09. The van der Waals surface area contributed by atoms with Crippen molar-refractivity contribution in [3.63, 3.8) is 0 Å². The van der Waals surface area contributed by atoms with Crippen LogP contribution >= 0.6 is 0 Å². The highest BCUT2D eigenvalue weighted by Crippen LogP contribution is 2.60. The van der Waals surface area contributed by atoms with Gasteiger partial charge in [0.25, 0.3) is 0 Å². The van der Waals surface area contributed by atoms with Gasteiger partial charge in [0, 0.05) is 39.7 Å². The molecule has 1 saturated carbocycles. The summed E-state index contributed by atoms with van der Waals surface area (Å²) < 4.78 is 2.41. The maximum atomic E-state index is 2.71. The normalized spacial score (nSPS) is 28.2. The zero-order valence-corrected chi connectivity index (χ0v) is 27.1. The lowest BCUT2D eigenvalue weighted by Gasteiger charge is -2.37. The number of hydrogen-bond acceptors (Lipinski definition) is 1. The number of aromatic nitrogens is 1. The van der Waals surface area contributed by atoms with Gasteiger partial charge in [0.05, 0.1) is 17.1 Å². The fourth-order valence-electron chi connectivity index (χ4n) is 10.2. The van der Waals surface area contributed by atoms with E-state index >= 15 is 0 Å². The van der Waals surface area contributed by atoms with Gasteiger partial charge in [-0.1, -0.05) is 123 Å². The molecule has 230 valence electrons. The van der Waals surface area contributed by atoms with Crippen molar-refractivity contribution in [3.8, 4) is 5.69 Å². The largest absolute Gasteiger partial charge is 0.337 e. The molecule has 0 N–H and O–H groups in total. The summed E-state index contributed by atoms with van der Waals surface area (Å²) in [6, 6.07) is 36.4. The van der Waals surface area contributed by atoms with E-state index in [1.165, 1.54) is 50.0 Å². The molecule has 2 heteroatoms. The number of anilines is 1. The Hall–Kier alpha value is -4.82. The molecule has 6 unspecified atom stereocenters. The Morgan fingerprint density at radius 2 is 1.47 bits per heavy atom. The molecule has 10 rings (SSSR count). The second-order valence-corrected chi connectivity index (χ2v) is 14.9. The van der Waals surface area contributed by atoms with Crippen LogP contribution in [0, 0.1) is 23.2 Å². The minimum Gasteiger partial charge on any atom is -0.337 e. The Balaban J connectivity index is 1.02. The topological polar surface area (TPSA) is 8.17 Å². The molecular formula is C45H40N2. The molecule has 6 atom stereocenters. The first-order valence-corrected chi connectivity index (χ1v) is 17.5. The number of allylic oxidation sites excluding steroid dienone is 9. The van der Waals surface area contributed by atoms with E-state index in [4.69, 9.17) is 0 Å². The van der Waals surface area contributed by atoms with Crippen molar-refractivity contribution in [2.24, 2.45) is 23.2 Å². The first-order valence-electron chi connectivity index (χ1n) is 17.5. The fraction of sp³-hybridized carbons (Fsp3) is 0.244. The van der Waals surface area contributed by atoms with Crippen molar-refractivity contribution in [1.82, 2.24) is 4.57 Å². The predicted molar refractivity (Wildman–Crippen MR) is 196 cm³/mol. The molecular weight excluding hydrogens is 569 g/mol. The Bertz CT molecular complexity index is 2220. The number of para-hydroxylation sites is 3. The molecule has 1 fully saturated rings. The van der Waals surface area contributed by atoms with Crippen molar-refractivity contribution in [2.45, 2.75) is 44.6 Å². The van der Waals surface area contributed by atoms with Gasteiger partial charge in [-0.2, -0.15) is 0 Å². The van der Waals surface area contributed by atoms with Crippen LogP contribution in [0.1, 0.15) is 49.7 Å². The Morgan fingerprint density at radius 1 is 0.681 bits per heavy atom. The third-order valence-electron chi connectivity index (χ3n) is 12.3. The van der Waals surface area contributed by atoms with Crippen LogP contribution in [0.15, 0.2) is 157 Å². The number of fused-ring (bicyclic) bond motifs is 9. The zero-order valence-electron chi connectivity index (χ0n) is 27.1. The summed E-state index contributed by atoms with van der Waals surface area (Å²) in [5.41, 5.74) is 11.4. The van der Waals surface area contributed by atoms with Crippen LogP contribution in [0.3, 0.4) is 0 Å². The number of rotatable bonds is 3. The van der Waals surface area contributed by atoms with E-state index in [2.05, 4.69) is 169 Å². The highest BCUT2D eigenvalue weighted by Gasteiger charge is 2.52. The van der Waals surface area contributed by atoms with E-state index in [0.29, 0.717) is 35.6 Å². The van der Waals surface area contributed by atoms with E-state index in [1.54, 1.807) is 5.57 Å². The molecule has 0 bridgehead atoms. The average molecular weight is 609 g/mol. The van der Waals surface area contributed by atoms with E-state index in [1.807, 2.05) is 0 Å². The van der Waals surface area contributed by atoms with Crippen molar-refractivity contribution in [1.29, 1.82) is 0 Å². The van der Waals surface area contributed by atoms with Crippen LogP contribution in [0.25, 0.3) is 27.5 Å². The summed E-state index contributed by atoms with van der Waals surface area (Å²) >= 11 is 0. The van der Waals surface area contributed by atoms with Crippen LogP contribution < -0.4 is 4.90 Å². The predicted octanol–water partition coefficient (Wildman–Crippen LogP) is 11.0. The number of nitrogens with zero attached hydrogens (tertiary/aromatic N) is 2. The van der Waals surface area contributed by atoms with Crippen LogP contribution in [0.2, 0.25) is 0 Å². The Kier molecular flexibility index (Phi) is 5.86. The van der Waals surface area contributed by atoms with Gasteiger partial charge in [0.15, 0.2) is 0 Å². The Morgan fingerprint density at radius 3 is 2.38 bits per heavy atom. The van der Waals surface area contributed by atoms with E-state index in [9.17, 15) is 0 Å². The summed E-state index contributed by atoms with van der Waals surface area (Å²) in [6.07, 6.45) is 21.8. The van der Waals surface area contributed by atoms with Gasteiger partial charge in [-0.05, 0) is 89.6 Å². The molecule has 0 spiro atoms. The standard InChI is InChI=1S/C45H40N2/c1-45(2)39-17-9-6-14-33(39)36-28-32(22-23-40(36)45)47-42-19-11-8-16-35(42)38-27-30(21-25-44(38)47)29-20-24-43-37(26-29)34-15-7-10-18-41(34)46(43)31-12-4-3-5-13-31/h3-26,30,33,36,38-39,44H,27-28H2,1-2H3. The molecule has 2 nitrogen and oxygen atoms in total. The van der Waals surface area contributed by atoms with Crippen LogP contribution in [0.5, 0.6) is 0 Å². The third kappa shape index (κ3) is 3.91. The monoisotopic (exact) mass is 608 g/mol. The molecule has 47 heavy (non-hydrogen) atoms. The van der Waals surface area contributed by atoms with Gasteiger partial charge in [0.2, 0.25) is 0 Å². The van der Waals surface area contributed by atoms with Gasteiger partial charge < -0.3 is 9.47 Å². The maximum absolute atomic E-state index is 2.71. The summed E-state index contributed by atoms with van der Waals surface area (Å²) in [6.45, 7) is 4.92. The SMILES string of the molecule is CC1(C)C2=CC=C(N3c4ccccc4C4CC(c5ccc6c(c5)c5ccccc5n6-c5ccccc5)C=CC43)CC2C2C=CC=CC21. The Labute approximate surface area is 277 Å². The number of benzene rings is 4. The fourth-order valence-corrected chi connectivity index (χ4v) is 10.2. The van der Waals surface area contributed by atoms with Gasteiger partial charge in [-0.3, -0.25) is 0 Å². The summed E-state index contributed by atoms with van der Waals surface area (Å²) in [7, 11) is 0. The lowest BCUT2D eigenvalue weighted by Crippen LogP contribution is -2.36. The molecule has 1 aliphatic heterocycles. The van der Waals surface area contributed by atoms with Crippen molar-refractivity contribution < 1.29 is 0 Å². The van der Waals surface area contributed by atoms with Gasteiger partial charge in [-0.25, -0.2) is 0 Å². The molecule has 4 aromatic carbocycles. The molecule has 5 aromatic rings. The minimum atomic E-state index is 0.205. The van der Waals surface area contributed by atoms with Crippen LogP contribution in [0.4, 0.5) is 5.69 Å². The molecule has 0 saturated heterocycles. The van der Waals surface area contributed by atoms with Crippen molar-refractivity contribution in [3.05, 3.63) is 168 Å². The first kappa shape index (κ1) is 27.3. The molecule has 0 amide bonds. The van der Waals surface area contributed by atoms with Gasteiger partial charge in [-0.15, -0.1) is 0 Å². The maximum Gasteiger partial charge on any atom is 0.0589 e. The number of hydrogen-bond donors (Lipinski definition) is 0. The van der Waals surface area contributed by atoms with E-state index < -0.39 is 0 Å². The molecule has 0 radical (unpaired) electrons. The van der Waals surface area contributed by atoms with Crippen LogP contribution in [-0.2, 0) is 0 Å². The summed E-state index contributed by atoms with van der Waals surface area (Å²) in [5, 5.41) is 2.66. The molecule has 1 aromatic heterocycles. The smallest absolute Gasteiger partial charge is 0.0589 e. The first-order chi connectivity index (χ1) is 23.1. The highest BCUT2D eigenvalue weighted by atomic mass is 15.2. The second-order valence-electron chi connectivity index (χ2n) is 14.9. The van der Waals surface area contributed by atoms with E-state index in [0.717, 1.165) is 12.8 Å².